The molecule has 3 N–H and O–H groups in total. The predicted molar refractivity (Wildman–Crippen MR) is 364 cm³/mol. The van der Waals surface area contributed by atoms with Crippen LogP contribution in [0.1, 0.15) is 156 Å². The number of ketones is 2. The largest absolute Gasteiger partial charge is 0.494 e. The fourth-order valence-corrected chi connectivity index (χ4v) is 14.2. The highest BCUT2D eigenvalue weighted by Gasteiger charge is 2.51. The van der Waals surface area contributed by atoms with E-state index >= 15 is 0 Å². The summed E-state index contributed by atoms with van der Waals surface area (Å²) >= 11 is 7.12. The number of benzene rings is 8. The molecule has 3 saturated carbocycles. The van der Waals surface area contributed by atoms with Gasteiger partial charge in [-0.1, -0.05) is 187 Å². The number of nitrogens with one attached hydrogen (secondary N) is 2. The number of hydrogen-bond acceptors (Lipinski definition) is 7. The van der Waals surface area contributed by atoms with E-state index in [1.54, 1.807) is 12.4 Å². The number of rotatable bonds is 8. The Morgan fingerprint density at radius 2 is 0.920 bits per heavy atom. The van der Waals surface area contributed by atoms with Crippen LogP contribution in [-0.4, -0.2) is 45.0 Å². The molecule has 0 spiro atoms. The molecule has 14 rings (SSSR count). The van der Waals surface area contributed by atoms with Gasteiger partial charge in [-0.05, 0) is 198 Å². The average Bonchev–Trinajstić information content (AvgIpc) is 2.17. The van der Waals surface area contributed by atoms with E-state index in [-0.39, 0.29) is 40.3 Å². The van der Waals surface area contributed by atoms with Gasteiger partial charge in [0.25, 0.3) is 11.1 Å². The first kappa shape index (κ1) is 61.8. The molecule has 0 bridgehead atoms. The summed E-state index contributed by atoms with van der Waals surface area (Å²) in [7, 11) is -0.399. The summed E-state index contributed by atoms with van der Waals surface area (Å²) in [5.74, 6) is 1.50. The average molecular weight is 1290 g/mol. The highest BCUT2D eigenvalue weighted by molar-refractivity contribution is 9.11. The molecule has 2 aromatic heterocycles. The summed E-state index contributed by atoms with van der Waals surface area (Å²) in [6.45, 7) is 8.11. The van der Waals surface area contributed by atoms with Crippen molar-refractivity contribution in [1.82, 2.24) is 9.97 Å². The smallest absolute Gasteiger partial charge is 0.399 e. The Morgan fingerprint density at radius 1 is 0.483 bits per heavy atom. The lowest BCUT2D eigenvalue weighted by atomic mass is 9.78. The highest BCUT2D eigenvalue weighted by atomic mass is 79.9. The first-order valence-electron chi connectivity index (χ1n) is 31.3. The Kier molecular flexibility index (Phi) is 19.4. The maximum absolute atomic E-state index is 12.9. The number of fused-ring (bicyclic) bond motifs is 5. The highest BCUT2D eigenvalue weighted by Crippen LogP contribution is 2.39. The monoisotopic (exact) mass is 1290 g/mol. The number of pyridine rings is 2. The van der Waals surface area contributed by atoms with Crippen LogP contribution in [0.25, 0.3) is 65.0 Å². The standard InChI is InChI=1S/C26H23NO2.C17H19BrO.C17H17BrO.C15H18BNO3/c28-25(17-5-2-1-3-6-17)21-10-11-23-18(16-21)7-4-8-22(23)19-9-12-24-20(15-19)13-14-27-26(24)29;2*18-16-8-4-7-13-11-14(9-10-15(13)16)17(19)12-5-2-1-3-6-12;1-14(2)15(3,4)20-16(19-14)11-5-6-12-10(9-11)7-8-17-13(12)18/h4,7-17H,1-3,5-6H2,(H,27,29);4,7-12,17,19H,1-3,5-6H2;4,7-12H,1-3,5-6H2;5-9H,1-4H3,(H,17,18). The van der Waals surface area contributed by atoms with E-state index in [0.717, 1.165) is 108 Å². The number of H-pyrrole nitrogens is 2. The molecular weight excluding hydrogens is 1210 g/mol. The number of carbonyl (C=O) groups excluding carboxylic acids is 2. The van der Waals surface area contributed by atoms with Crippen molar-refractivity contribution in [3.63, 3.8) is 0 Å². The number of aromatic nitrogens is 2. The summed E-state index contributed by atoms with van der Waals surface area (Å²) < 4.78 is 14.2. The van der Waals surface area contributed by atoms with Gasteiger partial charge in [-0.3, -0.25) is 19.2 Å². The van der Waals surface area contributed by atoms with E-state index in [9.17, 15) is 24.3 Å². The number of aromatic amines is 2. The number of Topliss-reactive ketones (excluding diaryl/α,β-unsaturated/α-hetero) is 2. The van der Waals surface area contributed by atoms with Crippen LogP contribution >= 0.6 is 31.9 Å². The minimum atomic E-state index is -0.399. The van der Waals surface area contributed by atoms with Crippen molar-refractivity contribution in [2.75, 3.05) is 0 Å². The normalized spacial score (nSPS) is 17.4. The molecule has 1 atom stereocenters. The maximum Gasteiger partial charge on any atom is 0.494 e. The first-order valence-corrected chi connectivity index (χ1v) is 32.8. The van der Waals surface area contributed by atoms with Gasteiger partial charge in [0, 0.05) is 55.1 Å². The van der Waals surface area contributed by atoms with Crippen LogP contribution in [0.3, 0.4) is 0 Å². The molecular formula is C75H77BBr2N2O7. The van der Waals surface area contributed by atoms with Crippen LogP contribution in [0, 0.1) is 17.8 Å². The Balaban J connectivity index is 0.000000122. The van der Waals surface area contributed by atoms with Gasteiger partial charge >= 0.3 is 7.12 Å². The van der Waals surface area contributed by atoms with Crippen LogP contribution in [0.4, 0.5) is 0 Å². The lowest BCUT2D eigenvalue weighted by Crippen LogP contribution is -2.41. The van der Waals surface area contributed by atoms with Gasteiger partial charge in [-0.15, -0.1) is 0 Å². The summed E-state index contributed by atoms with van der Waals surface area (Å²) in [5.41, 5.74) is 5.01. The lowest BCUT2D eigenvalue weighted by molar-refractivity contribution is 0.00578. The molecule has 10 aromatic rings. The quantitative estimate of drug-likeness (QED) is 0.102. The van der Waals surface area contributed by atoms with E-state index < -0.39 is 7.12 Å². The predicted octanol–water partition coefficient (Wildman–Crippen LogP) is 18.5. The molecule has 1 unspecified atom stereocenters. The SMILES string of the molecule is CC1(C)OB(c2ccc3c(=O)[nH]ccc3c2)OC1(C)C.O=C(c1ccc2c(-c3ccc4c(=O)[nH]ccc4c3)cccc2c1)C1CCCCC1.O=C(c1ccc2c(Br)cccc2c1)C1CCCCC1.OC(c1ccc2c(Br)cccc2c1)C1CCCCC1. The van der Waals surface area contributed by atoms with E-state index in [2.05, 4.69) is 109 Å². The lowest BCUT2D eigenvalue weighted by Gasteiger charge is -2.32. The molecule has 8 aromatic carbocycles. The van der Waals surface area contributed by atoms with E-state index in [1.165, 1.54) is 73.9 Å². The number of halogens is 2. The van der Waals surface area contributed by atoms with Crippen LogP contribution in [0.15, 0.2) is 189 Å². The van der Waals surface area contributed by atoms with Gasteiger partial charge in [0.15, 0.2) is 11.6 Å². The van der Waals surface area contributed by atoms with Gasteiger partial charge in [-0.25, -0.2) is 0 Å². The molecule has 1 aliphatic heterocycles. The second-order valence-electron chi connectivity index (χ2n) is 25.2. The zero-order valence-electron chi connectivity index (χ0n) is 50.3. The maximum atomic E-state index is 12.9. The van der Waals surface area contributed by atoms with E-state index in [4.69, 9.17) is 9.31 Å². The van der Waals surface area contributed by atoms with Crippen molar-refractivity contribution in [3.8, 4) is 11.1 Å². The number of hydrogen-bond donors (Lipinski definition) is 3. The van der Waals surface area contributed by atoms with Gasteiger partial charge in [0.05, 0.1) is 17.3 Å². The zero-order chi connectivity index (χ0) is 60.8. The minimum Gasteiger partial charge on any atom is -0.399 e. The van der Waals surface area contributed by atoms with Crippen molar-refractivity contribution in [2.45, 2.75) is 141 Å². The van der Waals surface area contributed by atoms with Crippen molar-refractivity contribution >= 4 is 110 Å². The third-order valence-corrected chi connectivity index (χ3v) is 20.3. The Bertz CT molecular complexity index is 4230. The molecule has 0 amide bonds. The molecule has 3 heterocycles. The number of aliphatic hydroxyl groups is 1. The van der Waals surface area contributed by atoms with E-state index in [0.29, 0.717) is 28.3 Å². The van der Waals surface area contributed by atoms with Crippen molar-refractivity contribution in [2.24, 2.45) is 17.8 Å². The molecule has 4 fully saturated rings. The molecule has 446 valence electrons. The fourth-order valence-electron chi connectivity index (χ4n) is 13.2. The van der Waals surface area contributed by atoms with Crippen LogP contribution in [0.5, 0.6) is 0 Å². The molecule has 87 heavy (non-hydrogen) atoms. The number of carbonyl (C=O) groups is 2. The molecule has 9 nitrogen and oxygen atoms in total. The van der Waals surface area contributed by atoms with Gasteiger partial charge < -0.3 is 24.4 Å². The van der Waals surface area contributed by atoms with Gasteiger partial charge in [0.1, 0.15) is 0 Å². The van der Waals surface area contributed by atoms with Crippen molar-refractivity contribution < 1.29 is 24.0 Å². The van der Waals surface area contributed by atoms with Gasteiger partial charge in [0.2, 0.25) is 0 Å². The van der Waals surface area contributed by atoms with Crippen LogP contribution in [-0.2, 0) is 9.31 Å². The van der Waals surface area contributed by atoms with Gasteiger partial charge in [-0.2, -0.15) is 0 Å². The van der Waals surface area contributed by atoms with Crippen LogP contribution < -0.4 is 16.6 Å². The third kappa shape index (κ3) is 14.1. The second-order valence-corrected chi connectivity index (χ2v) is 26.9. The summed E-state index contributed by atoms with van der Waals surface area (Å²) in [6.07, 6.45) is 20.7. The summed E-state index contributed by atoms with van der Waals surface area (Å²) in [6, 6.07) is 52.4. The summed E-state index contributed by atoms with van der Waals surface area (Å²) in [4.78, 5) is 54.5. The van der Waals surface area contributed by atoms with Crippen LogP contribution in [0.2, 0.25) is 0 Å². The minimum absolute atomic E-state index is 0.0714. The first-order chi connectivity index (χ1) is 42.0. The Hall–Kier alpha value is -6.80. The Labute approximate surface area is 527 Å². The second kappa shape index (κ2) is 27.3. The summed E-state index contributed by atoms with van der Waals surface area (Å²) in [5, 5.41) is 20.7. The molecule has 0 radical (unpaired) electrons. The molecule has 12 heteroatoms. The topological polar surface area (TPSA) is 139 Å². The number of aliphatic hydroxyl groups excluding tert-OH is 1. The van der Waals surface area contributed by atoms with Crippen molar-refractivity contribution in [3.05, 3.63) is 216 Å². The molecule has 3 aliphatic carbocycles. The molecule has 4 aliphatic rings. The fraction of sp³-hybridized carbons (Fsp3) is 0.333. The van der Waals surface area contributed by atoms with Crippen molar-refractivity contribution in [1.29, 1.82) is 0 Å². The molecule has 1 saturated heterocycles. The van der Waals surface area contributed by atoms with E-state index in [1.807, 2.05) is 119 Å². The Morgan fingerprint density at radius 3 is 1.47 bits per heavy atom. The zero-order valence-corrected chi connectivity index (χ0v) is 53.5. The third-order valence-electron chi connectivity index (χ3n) is 18.9.